The summed E-state index contributed by atoms with van der Waals surface area (Å²) in [7, 11) is 0. The predicted molar refractivity (Wildman–Crippen MR) is 74.1 cm³/mol. The second kappa shape index (κ2) is 5.10. The van der Waals surface area contributed by atoms with Gasteiger partial charge in [0.25, 0.3) is 0 Å². The van der Waals surface area contributed by atoms with E-state index >= 15 is 0 Å². The highest BCUT2D eigenvalue weighted by molar-refractivity contribution is 6.28. The molecular weight excluding hydrogens is 250 g/mol. The van der Waals surface area contributed by atoms with Gasteiger partial charge in [-0.15, -0.1) is 0 Å². The van der Waals surface area contributed by atoms with Gasteiger partial charge >= 0.3 is 0 Å². The van der Waals surface area contributed by atoms with Gasteiger partial charge in [0.15, 0.2) is 11.5 Å². The maximum absolute atomic E-state index is 5.93. The van der Waals surface area contributed by atoms with Gasteiger partial charge in [-0.1, -0.05) is 6.92 Å². The van der Waals surface area contributed by atoms with Crippen LogP contribution < -0.4 is 5.32 Å². The van der Waals surface area contributed by atoms with Gasteiger partial charge in [-0.05, 0) is 38.8 Å². The highest BCUT2D eigenvalue weighted by atomic mass is 35.5. The molecule has 0 aliphatic carbocycles. The normalized spacial score (nSPS) is 13.2. The van der Waals surface area contributed by atoms with Crippen molar-refractivity contribution in [1.29, 1.82) is 0 Å². The Morgan fingerprint density at radius 2 is 2.06 bits per heavy atom. The molecule has 2 heterocycles. The first-order valence-corrected chi connectivity index (χ1v) is 6.57. The largest absolute Gasteiger partial charge is 0.366 e. The van der Waals surface area contributed by atoms with Crippen LogP contribution in [-0.2, 0) is 0 Å². The molecule has 1 unspecified atom stereocenters. The number of nitrogens with zero attached hydrogens (tertiary/aromatic N) is 4. The van der Waals surface area contributed by atoms with Crippen LogP contribution in [0.2, 0.25) is 5.28 Å². The molecule has 0 aliphatic rings. The molecule has 0 spiro atoms. The molecule has 0 radical (unpaired) electrons. The van der Waals surface area contributed by atoms with Crippen LogP contribution in [0.1, 0.15) is 40.2 Å². The summed E-state index contributed by atoms with van der Waals surface area (Å²) in [4.78, 5) is 12.7. The van der Waals surface area contributed by atoms with E-state index in [-0.39, 0.29) is 5.28 Å². The van der Waals surface area contributed by atoms with E-state index in [1.165, 1.54) is 0 Å². The minimum atomic E-state index is 0.224. The standard InChI is InChI=1S/C12H18ClN5/c1-5-8(4)15-11-9-10(16-12(13)17-11)14-6-18(9)7(2)3/h6-8H,5H2,1-4H3,(H,15,16,17). The monoisotopic (exact) mass is 267 g/mol. The number of hydrogen-bond donors (Lipinski definition) is 1. The number of hydrogen-bond acceptors (Lipinski definition) is 4. The Bertz CT molecular complexity index is 549. The molecule has 5 nitrogen and oxygen atoms in total. The van der Waals surface area contributed by atoms with Crippen molar-refractivity contribution < 1.29 is 0 Å². The zero-order valence-electron chi connectivity index (χ0n) is 11.1. The van der Waals surface area contributed by atoms with Crippen molar-refractivity contribution in [2.45, 2.75) is 46.2 Å². The van der Waals surface area contributed by atoms with Crippen LogP contribution in [0, 0.1) is 0 Å². The number of rotatable bonds is 4. The Kier molecular flexibility index (Phi) is 3.71. The van der Waals surface area contributed by atoms with Crippen LogP contribution >= 0.6 is 11.6 Å². The lowest BCUT2D eigenvalue weighted by Crippen LogP contribution is -2.16. The van der Waals surface area contributed by atoms with Crippen molar-refractivity contribution in [2.75, 3.05) is 5.32 Å². The van der Waals surface area contributed by atoms with E-state index in [2.05, 4.69) is 52.5 Å². The number of aromatic nitrogens is 4. The van der Waals surface area contributed by atoms with Crippen LogP contribution in [-0.4, -0.2) is 25.6 Å². The number of halogens is 1. The van der Waals surface area contributed by atoms with Gasteiger partial charge in [0.05, 0.1) is 6.33 Å². The van der Waals surface area contributed by atoms with Crippen LogP contribution in [0.25, 0.3) is 11.2 Å². The van der Waals surface area contributed by atoms with Gasteiger partial charge in [0.2, 0.25) is 5.28 Å². The van der Waals surface area contributed by atoms with Crippen LogP contribution in [0.5, 0.6) is 0 Å². The molecule has 0 saturated heterocycles. The van der Waals surface area contributed by atoms with Gasteiger partial charge in [-0.3, -0.25) is 0 Å². The average Bonchev–Trinajstić information content (AvgIpc) is 2.72. The van der Waals surface area contributed by atoms with Crippen molar-refractivity contribution in [3.8, 4) is 0 Å². The SMILES string of the molecule is CCC(C)Nc1nc(Cl)nc2ncn(C(C)C)c12. The Labute approximate surface area is 112 Å². The van der Waals surface area contributed by atoms with Crippen molar-refractivity contribution in [3.63, 3.8) is 0 Å². The first-order chi connectivity index (χ1) is 8.52. The van der Waals surface area contributed by atoms with E-state index in [9.17, 15) is 0 Å². The van der Waals surface area contributed by atoms with E-state index in [1.54, 1.807) is 6.33 Å². The lowest BCUT2D eigenvalue weighted by molar-refractivity contribution is 0.616. The molecule has 98 valence electrons. The van der Waals surface area contributed by atoms with Crippen molar-refractivity contribution in [1.82, 2.24) is 19.5 Å². The molecule has 6 heteroatoms. The molecule has 0 bridgehead atoms. The first kappa shape index (κ1) is 13.1. The zero-order valence-corrected chi connectivity index (χ0v) is 11.9. The lowest BCUT2D eigenvalue weighted by Gasteiger charge is -2.15. The van der Waals surface area contributed by atoms with Gasteiger partial charge in [-0.2, -0.15) is 9.97 Å². The summed E-state index contributed by atoms with van der Waals surface area (Å²) in [6.07, 6.45) is 2.79. The van der Waals surface area contributed by atoms with Crippen LogP contribution in [0.15, 0.2) is 6.33 Å². The molecule has 1 N–H and O–H groups in total. The molecule has 0 amide bonds. The van der Waals surface area contributed by atoms with Crippen LogP contribution in [0.3, 0.4) is 0 Å². The first-order valence-electron chi connectivity index (χ1n) is 6.19. The molecule has 0 fully saturated rings. The fraction of sp³-hybridized carbons (Fsp3) is 0.583. The molecule has 2 aromatic heterocycles. The Hall–Kier alpha value is -1.36. The smallest absolute Gasteiger partial charge is 0.226 e. The average molecular weight is 268 g/mol. The number of fused-ring (bicyclic) bond motifs is 1. The molecule has 0 aliphatic heterocycles. The zero-order chi connectivity index (χ0) is 13.3. The predicted octanol–water partition coefficient (Wildman–Crippen LogP) is 3.27. The molecule has 1 atom stereocenters. The highest BCUT2D eigenvalue weighted by Crippen LogP contribution is 2.25. The summed E-state index contributed by atoms with van der Waals surface area (Å²) in [6, 6.07) is 0.631. The number of imidazole rings is 1. The summed E-state index contributed by atoms with van der Waals surface area (Å²) in [6.45, 7) is 8.43. The second-order valence-electron chi connectivity index (χ2n) is 4.71. The number of nitrogens with one attached hydrogen (secondary N) is 1. The maximum Gasteiger partial charge on any atom is 0.226 e. The van der Waals surface area contributed by atoms with Crippen molar-refractivity contribution >= 4 is 28.6 Å². The lowest BCUT2D eigenvalue weighted by atomic mass is 10.2. The molecular formula is C12H18ClN5. The van der Waals surface area contributed by atoms with E-state index < -0.39 is 0 Å². The van der Waals surface area contributed by atoms with E-state index in [1.807, 2.05) is 0 Å². The summed E-state index contributed by atoms with van der Waals surface area (Å²) in [5.74, 6) is 0.755. The molecule has 18 heavy (non-hydrogen) atoms. The molecule has 0 aromatic carbocycles. The third-order valence-electron chi connectivity index (χ3n) is 2.95. The Morgan fingerprint density at radius 3 is 2.67 bits per heavy atom. The Morgan fingerprint density at radius 1 is 1.33 bits per heavy atom. The van der Waals surface area contributed by atoms with Crippen molar-refractivity contribution in [3.05, 3.63) is 11.6 Å². The van der Waals surface area contributed by atoms with E-state index in [0.29, 0.717) is 17.7 Å². The fourth-order valence-corrected chi connectivity index (χ4v) is 1.91. The summed E-state index contributed by atoms with van der Waals surface area (Å²) in [5.41, 5.74) is 1.55. The molecule has 2 rings (SSSR count). The third kappa shape index (κ3) is 2.41. The van der Waals surface area contributed by atoms with Gasteiger partial charge in [-0.25, -0.2) is 4.98 Å². The van der Waals surface area contributed by atoms with E-state index in [0.717, 1.165) is 17.8 Å². The third-order valence-corrected chi connectivity index (χ3v) is 3.12. The topological polar surface area (TPSA) is 55.6 Å². The molecule has 0 saturated carbocycles. The van der Waals surface area contributed by atoms with Gasteiger partial charge < -0.3 is 9.88 Å². The fourth-order valence-electron chi connectivity index (χ4n) is 1.75. The second-order valence-corrected chi connectivity index (χ2v) is 5.05. The minimum Gasteiger partial charge on any atom is -0.366 e. The van der Waals surface area contributed by atoms with Crippen LogP contribution in [0.4, 0.5) is 5.82 Å². The minimum absolute atomic E-state index is 0.224. The Balaban J connectivity index is 2.57. The van der Waals surface area contributed by atoms with Gasteiger partial charge in [0.1, 0.15) is 5.52 Å². The maximum atomic E-state index is 5.93. The molecule has 2 aromatic rings. The summed E-state index contributed by atoms with van der Waals surface area (Å²) in [5, 5.41) is 3.58. The van der Waals surface area contributed by atoms with E-state index in [4.69, 9.17) is 11.6 Å². The highest BCUT2D eigenvalue weighted by Gasteiger charge is 2.15. The summed E-state index contributed by atoms with van der Waals surface area (Å²) >= 11 is 5.93. The summed E-state index contributed by atoms with van der Waals surface area (Å²) < 4.78 is 2.05. The number of anilines is 1. The van der Waals surface area contributed by atoms with Crippen molar-refractivity contribution in [2.24, 2.45) is 0 Å². The van der Waals surface area contributed by atoms with Gasteiger partial charge in [0, 0.05) is 12.1 Å². The quantitative estimate of drug-likeness (QED) is 0.864.